The van der Waals surface area contributed by atoms with E-state index in [9.17, 15) is 23.4 Å². The van der Waals surface area contributed by atoms with Crippen molar-refractivity contribution in [3.8, 4) is 0 Å². The number of anilines is 1. The van der Waals surface area contributed by atoms with Crippen LogP contribution in [-0.4, -0.2) is 54.3 Å². The first-order chi connectivity index (χ1) is 14.1. The van der Waals surface area contributed by atoms with Crippen molar-refractivity contribution in [2.75, 3.05) is 18.8 Å². The van der Waals surface area contributed by atoms with Gasteiger partial charge in [-0.2, -0.15) is 4.31 Å². The Labute approximate surface area is 177 Å². The Morgan fingerprint density at radius 1 is 1.07 bits per heavy atom. The Balaban J connectivity index is 2.27. The van der Waals surface area contributed by atoms with Gasteiger partial charge in [0.25, 0.3) is 0 Å². The molecule has 0 aliphatic heterocycles. The average Bonchev–Trinajstić information content (AvgIpc) is 2.67. The number of aliphatic hydroxyl groups is 1. The molecule has 2 atom stereocenters. The lowest BCUT2D eigenvalue weighted by atomic mass is 10.0. The van der Waals surface area contributed by atoms with Crippen LogP contribution in [0.1, 0.15) is 19.4 Å². The minimum absolute atomic E-state index is 0.000706. The minimum Gasteiger partial charge on any atom is -0.465 e. The number of carboxylic acid groups (broad SMARTS) is 1. The van der Waals surface area contributed by atoms with Crippen LogP contribution in [0, 0.1) is 5.92 Å². The van der Waals surface area contributed by atoms with Gasteiger partial charge in [-0.25, -0.2) is 13.2 Å². The van der Waals surface area contributed by atoms with E-state index in [0.29, 0.717) is 5.69 Å². The third-order valence-corrected chi connectivity index (χ3v) is 6.39. The van der Waals surface area contributed by atoms with Gasteiger partial charge in [-0.1, -0.05) is 44.2 Å². The molecule has 2 aromatic rings. The summed E-state index contributed by atoms with van der Waals surface area (Å²) in [6, 6.07) is 14.1. The van der Waals surface area contributed by atoms with E-state index in [4.69, 9.17) is 5.73 Å². The molecule has 9 heteroatoms. The lowest BCUT2D eigenvalue weighted by Gasteiger charge is -2.30. The number of carbonyl (C=O) groups is 1. The van der Waals surface area contributed by atoms with Crippen molar-refractivity contribution in [3.63, 3.8) is 0 Å². The van der Waals surface area contributed by atoms with Crippen molar-refractivity contribution in [2.45, 2.75) is 37.3 Å². The molecule has 0 aliphatic carbocycles. The van der Waals surface area contributed by atoms with Gasteiger partial charge in [-0.05, 0) is 42.2 Å². The smallest absolute Gasteiger partial charge is 0.404 e. The zero-order chi connectivity index (χ0) is 22.3. The number of nitrogens with two attached hydrogens (primary N) is 1. The second-order valence-electron chi connectivity index (χ2n) is 7.60. The quantitative estimate of drug-likeness (QED) is 0.423. The highest BCUT2D eigenvalue weighted by Crippen LogP contribution is 2.20. The van der Waals surface area contributed by atoms with Crippen LogP contribution in [0.15, 0.2) is 59.5 Å². The average molecular weight is 436 g/mol. The van der Waals surface area contributed by atoms with Crippen LogP contribution in [0.3, 0.4) is 0 Å². The molecule has 2 rings (SSSR count). The van der Waals surface area contributed by atoms with Gasteiger partial charge in [0.1, 0.15) is 0 Å². The maximum atomic E-state index is 13.2. The number of aliphatic hydroxyl groups excluding tert-OH is 1. The summed E-state index contributed by atoms with van der Waals surface area (Å²) in [5, 5.41) is 22.3. The summed E-state index contributed by atoms with van der Waals surface area (Å²) < 4.78 is 27.5. The van der Waals surface area contributed by atoms with Gasteiger partial charge in [0.05, 0.1) is 17.0 Å². The molecule has 0 aliphatic rings. The fourth-order valence-corrected chi connectivity index (χ4v) is 4.73. The zero-order valence-corrected chi connectivity index (χ0v) is 17.9. The Bertz CT molecular complexity index is 917. The number of rotatable bonds is 10. The number of benzene rings is 2. The number of hydrogen-bond donors (Lipinski definition) is 4. The first-order valence-corrected chi connectivity index (χ1v) is 11.1. The summed E-state index contributed by atoms with van der Waals surface area (Å²) in [5.41, 5.74) is 6.92. The first-order valence-electron chi connectivity index (χ1n) is 9.66. The Hall–Kier alpha value is -2.62. The fraction of sp³-hybridized carbons (Fsp3) is 0.381. The van der Waals surface area contributed by atoms with E-state index in [-0.39, 0.29) is 30.3 Å². The van der Waals surface area contributed by atoms with E-state index < -0.39 is 28.3 Å². The van der Waals surface area contributed by atoms with Crippen molar-refractivity contribution in [1.82, 2.24) is 9.62 Å². The summed E-state index contributed by atoms with van der Waals surface area (Å²) in [5.74, 6) is 0.000706. The molecule has 5 N–H and O–H groups in total. The molecule has 164 valence electrons. The highest BCUT2D eigenvalue weighted by atomic mass is 32.2. The van der Waals surface area contributed by atoms with Crippen LogP contribution in [0.5, 0.6) is 0 Å². The molecule has 0 saturated carbocycles. The van der Waals surface area contributed by atoms with E-state index in [0.717, 1.165) is 5.56 Å². The number of amides is 1. The van der Waals surface area contributed by atoms with Crippen LogP contribution in [0.25, 0.3) is 0 Å². The van der Waals surface area contributed by atoms with Crippen molar-refractivity contribution in [1.29, 1.82) is 0 Å². The van der Waals surface area contributed by atoms with Gasteiger partial charge >= 0.3 is 6.09 Å². The largest absolute Gasteiger partial charge is 0.465 e. The molecule has 0 saturated heterocycles. The first kappa shape index (κ1) is 23.7. The number of sulfonamides is 1. The van der Waals surface area contributed by atoms with Gasteiger partial charge in [-0.15, -0.1) is 0 Å². The predicted octanol–water partition coefficient (Wildman–Crippen LogP) is 2.16. The van der Waals surface area contributed by atoms with E-state index in [2.05, 4.69) is 5.32 Å². The molecule has 2 unspecified atom stereocenters. The second kappa shape index (κ2) is 10.4. The summed E-state index contributed by atoms with van der Waals surface area (Å²) in [7, 11) is -3.90. The van der Waals surface area contributed by atoms with E-state index in [1.165, 1.54) is 28.6 Å². The molecule has 30 heavy (non-hydrogen) atoms. The normalized spacial score (nSPS) is 13.9. The van der Waals surface area contributed by atoms with Gasteiger partial charge in [0, 0.05) is 18.8 Å². The standard InChI is InChI=1S/C21H29N3O5S/c1-15(2)13-24(30(28,29)18-10-8-17(22)9-11-18)14-20(25)19(23-21(26)27)12-16-6-4-3-5-7-16/h3-11,15,19-20,23,25H,12-14,22H2,1-2H3,(H,26,27). The van der Waals surface area contributed by atoms with Crippen LogP contribution in [0.4, 0.5) is 10.5 Å². The monoisotopic (exact) mass is 435 g/mol. The molecule has 8 nitrogen and oxygen atoms in total. The maximum Gasteiger partial charge on any atom is 0.404 e. The van der Waals surface area contributed by atoms with Crippen molar-refractivity contribution in [3.05, 3.63) is 60.2 Å². The van der Waals surface area contributed by atoms with Crippen LogP contribution in [0.2, 0.25) is 0 Å². The van der Waals surface area contributed by atoms with E-state index >= 15 is 0 Å². The molecule has 0 fully saturated rings. The Morgan fingerprint density at radius 2 is 1.67 bits per heavy atom. The molecular weight excluding hydrogens is 406 g/mol. The van der Waals surface area contributed by atoms with E-state index in [1.54, 1.807) is 0 Å². The van der Waals surface area contributed by atoms with Crippen LogP contribution < -0.4 is 11.1 Å². The molecule has 0 bridgehead atoms. The molecular formula is C21H29N3O5S. The van der Waals surface area contributed by atoms with Crippen LogP contribution in [-0.2, 0) is 16.4 Å². The highest BCUT2D eigenvalue weighted by Gasteiger charge is 2.31. The topological polar surface area (TPSA) is 133 Å². The Kier molecular flexibility index (Phi) is 8.22. The third kappa shape index (κ3) is 6.72. The molecule has 0 spiro atoms. The molecule has 0 radical (unpaired) electrons. The lowest BCUT2D eigenvalue weighted by molar-refractivity contribution is 0.0980. The number of nitrogen functional groups attached to an aromatic ring is 1. The SMILES string of the molecule is CC(C)CN(CC(O)C(Cc1ccccc1)NC(=O)O)S(=O)(=O)c1ccc(N)cc1. The van der Waals surface area contributed by atoms with Gasteiger partial charge < -0.3 is 21.3 Å². The lowest BCUT2D eigenvalue weighted by Crippen LogP contribution is -2.50. The molecule has 0 heterocycles. The highest BCUT2D eigenvalue weighted by molar-refractivity contribution is 7.89. The molecule has 1 amide bonds. The Morgan fingerprint density at radius 3 is 2.20 bits per heavy atom. The van der Waals surface area contributed by atoms with Gasteiger partial charge in [0.15, 0.2) is 0 Å². The molecule has 0 aromatic heterocycles. The van der Waals surface area contributed by atoms with Crippen molar-refractivity contribution >= 4 is 21.8 Å². The van der Waals surface area contributed by atoms with Gasteiger partial charge in [0.2, 0.25) is 10.0 Å². The summed E-state index contributed by atoms with van der Waals surface area (Å²) in [6.07, 6.45) is -2.30. The second-order valence-corrected chi connectivity index (χ2v) is 9.54. The van der Waals surface area contributed by atoms with E-state index in [1.807, 2.05) is 44.2 Å². The summed E-state index contributed by atoms with van der Waals surface area (Å²) in [4.78, 5) is 11.3. The number of nitrogens with one attached hydrogen (secondary N) is 1. The third-order valence-electron chi connectivity index (χ3n) is 4.55. The summed E-state index contributed by atoms with van der Waals surface area (Å²) in [6.45, 7) is 3.67. The number of hydrogen-bond acceptors (Lipinski definition) is 5. The minimum atomic E-state index is -3.90. The van der Waals surface area contributed by atoms with Crippen molar-refractivity contribution in [2.24, 2.45) is 5.92 Å². The van der Waals surface area contributed by atoms with Gasteiger partial charge in [-0.3, -0.25) is 0 Å². The van der Waals surface area contributed by atoms with Crippen LogP contribution >= 0.6 is 0 Å². The maximum absolute atomic E-state index is 13.2. The molecule has 2 aromatic carbocycles. The predicted molar refractivity (Wildman–Crippen MR) is 116 cm³/mol. The zero-order valence-electron chi connectivity index (χ0n) is 17.1. The van der Waals surface area contributed by atoms with Crippen molar-refractivity contribution < 1.29 is 23.4 Å². The number of nitrogens with zero attached hydrogens (tertiary/aromatic N) is 1. The fourth-order valence-electron chi connectivity index (χ4n) is 3.11. The summed E-state index contributed by atoms with van der Waals surface area (Å²) >= 11 is 0.